The highest BCUT2D eigenvalue weighted by Crippen LogP contribution is 2.17. The van der Waals surface area contributed by atoms with E-state index in [1.807, 2.05) is 0 Å². The Balaban J connectivity index is 3.13. The third kappa shape index (κ3) is 1.96. The molecule has 1 N–H and O–H groups in total. The van der Waals surface area contributed by atoms with Gasteiger partial charge < -0.3 is 5.11 Å². The Morgan fingerprint density at radius 3 is 2.77 bits per heavy atom. The normalized spacial score (nSPS) is 9.54. The van der Waals surface area contributed by atoms with Gasteiger partial charge in [-0.25, -0.2) is 0 Å². The lowest BCUT2D eigenvalue weighted by atomic mass is 9.95. The fourth-order valence-corrected chi connectivity index (χ4v) is 1.03. The molecule has 0 aliphatic heterocycles. The number of ketones is 1. The molecule has 0 saturated carbocycles. The summed E-state index contributed by atoms with van der Waals surface area (Å²) in [6.07, 6.45) is 0.921. The summed E-state index contributed by atoms with van der Waals surface area (Å²) >= 11 is 0. The Morgan fingerprint density at radius 1 is 1.54 bits per heavy atom. The van der Waals surface area contributed by atoms with Gasteiger partial charge >= 0.3 is 0 Å². The molecule has 0 aliphatic rings. The first kappa shape index (κ1) is 9.51. The van der Waals surface area contributed by atoms with E-state index in [0.29, 0.717) is 18.2 Å². The lowest BCUT2D eigenvalue weighted by molar-refractivity contribution is 0.101. The number of carbonyl (C=O) groups is 2. The van der Waals surface area contributed by atoms with E-state index < -0.39 is 0 Å². The van der Waals surface area contributed by atoms with Crippen LogP contribution >= 0.6 is 0 Å². The van der Waals surface area contributed by atoms with Crippen molar-refractivity contribution in [3.63, 3.8) is 0 Å². The highest BCUT2D eigenvalue weighted by Gasteiger charge is 2.06. The zero-order chi connectivity index (χ0) is 9.84. The maximum Gasteiger partial charge on any atom is 0.155 e. The number of aldehydes is 1. The molecule has 0 heterocycles. The summed E-state index contributed by atoms with van der Waals surface area (Å²) in [6.45, 7) is 0. The van der Waals surface area contributed by atoms with Crippen LogP contribution in [-0.2, 0) is 0 Å². The van der Waals surface area contributed by atoms with Crippen molar-refractivity contribution >= 4 is 19.9 Å². The third-order valence-electron chi connectivity index (χ3n) is 1.80. The maximum absolute atomic E-state index is 11.2. The number of phenols is 1. The molecule has 3 nitrogen and oxygen atoms in total. The van der Waals surface area contributed by atoms with E-state index in [0.717, 1.165) is 0 Å². The van der Waals surface area contributed by atoms with E-state index in [1.54, 1.807) is 7.85 Å². The molecule has 0 aliphatic carbocycles. The molecule has 0 fully saturated rings. The van der Waals surface area contributed by atoms with Crippen LogP contribution in [0, 0.1) is 0 Å². The quantitative estimate of drug-likeness (QED) is 0.413. The highest BCUT2D eigenvalue weighted by molar-refractivity contribution is 6.24. The highest BCUT2D eigenvalue weighted by atomic mass is 16.3. The summed E-state index contributed by atoms with van der Waals surface area (Å²) in [4.78, 5) is 21.6. The van der Waals surface area contributed by atoms with Gasteiger partial charge in [0.1, 0.15) is 13.6 Å². The van der Waals surface area contributed by atoms with Crippen molar-refractivity contribution < 1.29 is 14.7 Å². The lowest BCUT2D eigenvalue weighted by Gasteiger charge is -2.00. The predicted octanol–water partition coefficient (Wildman–Crippen LogP) is 0.439. The molecule has 1 aromatic carbocycles. The standard InChI is InChI=1S/C9H9BO3/c10-4-9(13)6-1-2-8(12)7(3-6)5-11/h1-3,5,12H,4,10H2. The third-order valence-corrected chi connectivity index (χ3v) is 1.80. The topological polar surface area (TPSA) is 54.4 Å². The van der Waals surface area contributed by atoms with Crippen LogP contribution in [0.2, 0.25) is 6.32 Å². The number of carbonyl (C=O) groups excluding carboxylic acids is 2. The molecule has 0 atom stereocenters. The van der Waals surface area contributed by atoms with Crippen LogP contribution in [0.15, 0.2) is 18.2 Å². The second-order valence-electron chi connectivity index (χ2n) is 2.67. The average molecular weight is 176 g/mol. The molecule has 1 rings (SSSR count). The molecule has 1 aromatic rings. The van der Waals surface area contributed by atoms with E-state index in [1.165, 1.54) is 18.2 Å². The van der Waals surface area contributed by atoms with Crippen LogP contribution in [0.5, 0.6) is 5.75 Å². The van der Waals surface area contributed by atoms with E-state index in [2.05, 4.69) is 0 Å². The Labute approximate surface area is 76.8 Å². The molecule has 0 amide bonds. The monoisotopic (exact) mass is 176 g/mol. The zero-order valence-electron chi connectivity index (χ0n) is 7.28. The Morgan fingerprint density at radius 2 is 2.23 bits per heavy atom. The Bertz CT molecular complexity index is 347. The molecular weight excluding hydrogens is 167 g/mol. The van der Waals surface area contributed by atoms with Crippen molar-refractivity contribution in [3.8, 4) is 5.75 Å². The largest absolute Gasteiger partial charge is 0.507 e. The summed E-state index contributed by atoms with van der Waals surface area (Å²) in [6, 6.07) is 4.26. The maximum atomic E-state index is 11.2. The van der Waals surface area contributed by atoms with Gasteiger partial charge in [0.15, 0.2) is 12.1 Å². The van der Waals surface area contributed by atoms with Crippen molar-refractivity contribution in [1.29, 1.82) is 0 Å². The summed E-state index contributed by atoms with van der Waals surface area (Å²) in [5.74, 6) is -0.134. The van der Waals surface area contributed by atoms with Crippen LogP contribution in [-0.4, -0.2) is 25.0 Å². The molecule has 0 bridgehead atoms. The number of Topliss-reactive ketones (excluding diaryl/α,β-unsaturated/α-hetero) is 1. The van der Waals surface area contributed by atoms with Gasteiger partial charge in [-0.05, 0) is 24.5 Å². The van der Waals surface area contributed by atoms with Crippen molar-refractivity contribution in [2.45, 2.75) is 6.32 Å². The van der Waals surface area contributed by atoms with Gasteiger partial charge in [-0.3, -0.25) is 9.59 Å². The Hall–Kier alpha value is -1.58. The number of phenolic OH excluding ortho intramolecular Hbond substituents is 1. The molecule has 13 heavy (non-hydrogen) atoms. The SMILES string of the molecule is BCC(=O)c1ccc(O)c(C=O)c1. The number of hydrogen-bond donors (Lipinski definition) is 1. The van der Waals surface area contributed by atoms with Crippen molar-refractivity contribution in [2.75, 3.05) is 0 Å². The first-order valence-corrected chi connectivity index (χ1v) is 4.00. The van der Waals surface area contributed by atoms with Crippen molar-refractivity contribution in [2.24, 2.45) is 0 Å². The van der Waals surface area contributed by atoms with Crippen LogP contribution in [0.4, 0.5) is 0 Å². The smallest absolute Gasteiger partial charge is 0.155 e. The number of rotatable bonds is 3. The summed E-state index contributed by atoms with van der Waals surface area (Å²) in [7, 11) is 1.75. The molecule has 66 valence electrons. The van der Waals surface area contributed by atoms with Gasteiger partial charge in [-0.2, -0.15) is 0 Å². The van der Waals surface area contributed by atoms with Gasteiger partial charge in [0.25, 0.3) is 0 Å². The minimum absolute atomic E-state index is 0.0388. The first-order chi connectivity index (χ1) is 6.19. The van der Waals surface area contributed by atoms with Crippen LogP contribution in [0.1, 0.15) is 20.7 Å². The fraction of sp³-hybridized carbons (Fsp3) is 0.111. The van der Waals surface area contributed by atoms with E-state index >= 15 is 0 Å². The van der Waals surface area contributed by atoms with E-state index in [-0.39, 0.29) is 17.1 Å². The molecule has 0 aromatic heterocycles. The van der Waals surface area contributed by atoms with Crippen LogP contribution < -0.4 is 0 Å². The van der Waals surface area contributed by atoms with Gasteiger partial charge in [0, 0.05) is 5.56 Å². The summed E-state index contributed by atoms with van der Waals surface area (Å²) in [5, 5.41) is 9.15. The zero-order valence-corrected chi connectivity index (χ0v) is 7.28. The first-order valence-electron chi connectivity index (χ1n) is 4.00. The number of hydrogen-bond acceptors (Lipinski definition) is 3. The Kier molecular flexibility index (Phi) is 2.85. The fourth-order valence-electron chi connectivity index (χ4n) is 1.03. The second kappa shape index (κ2) is 3.89. The number of aromatic hydroxyl groups is 1. The minimum Gasteiger partial charge on any atom is -0.507 e. The summed E-state index contributed by atoms with van der Waals surface area (Å²) in [5.41, 5.74) is 0.613. The lowest BCUT2D eigenvalue weighted by Crippen LogP contribution is -1.98. The van der Waals surface area contributed by atoms with Crippen molar-refractivity contribution in [3.05, 3.63) is 29.3 Å². The van der Waals surface area contributed by atoms with Crippen molar-refractivity contribution in [1.82, 2.24) is 0 Å². The second-order valence-corrected chi connectivity index (χ2v) is 2.67. The molecule has 0 spiro atoms. The van der Waals surface area contributed by atoms with Crippen LogP contribution in [0.25, 0.3) is 0 Å². The molecule has 0 unspecified atom stereocenters. The predicted molar refractivity (Wildman–Crippen MR) is 51.2 cm³/mol. The summed E-state index contributed by atoms with van der Waals surface area (Å²) < 4.78 is 0. The average Bonchev–Trinajstić information content (AvgIpc) is 2.17. The van der Waals surface area contributed by atoms with Gasteiger partial charge in [-0.15, -0.1) is 0 Å². The van der Waals surface area contributed by atoms with Crippen LogP contribution in [0.3, 0.4) is 0 Å². The van der Waals surface area contributed by atoms with Gasteiger partial charge in [0.2, 0.25) is 0 Å². The van der Waals surface area contributed by atoms with E-state index in [4.69, 9.17) is 5.11 Å². The minimum atomic E-state index is -0.0948. The van der Waals surface area contributed by atoms with Gasteiger partial charge in [0.05, 0.1) is 5.56 Å². The molecular formula is C9H9BO3. The van der Waals surface area contributed by atoms with Gasteiger partial charge in [-0.1, -0.05) is 0 Å². The van der Waals surface area contributed by atoms with E-state index in [9.17, 15) is 9.59 Å². The molecule has 0 saturated heterocycles. The molecule has 4 heteroatoms. The molecule has 0 radical (unpaired) electrons. The number of benzene rings is 1.